The normalized spacial score (nSPS) is 26.5. The number of aliphatic hydroxyl groups excluding tert-OH is 1. The SMILES string of the molecule is CC(C)(CO)CN1CC[C@H](F)C1. The maximum absolute atomic E-state index is 12.7. The third-order valence-corrected chi connectivity index (χ3v) is 2.29. The van der Waals surface area contributed by atoms with Crippen LogP contribution in [-0.4, -0.2) is 42.4 Å². The van der Waals surface area contributed by atoms with Crippen molar-refractivity contribution in [1.82, 2.24) is 4.90 Å². The topological polar surface area (TPSA) is 23.5 Å². The number of rotatable bonds is 3. The van der Waals surface area contributed by atoms with Gasteiger partial charge in [0.2, 0.25) is 0 Å². The summed E-state index contributed by atoms with van der Waals surface area (Å²) in [6.45, 7) is 6.34. The summed E-state index contributed by atoms with van der Waals surface area (Å²) in [7, 11) is 0. The van der Waals surface area contributed by atoms with Crippen molar-refractivity contribution in [2.45, 2.75) is 26.4 Å². The van der Waals surface area contributed by atoms with Crippen LogP contribution in [0.15, 0.2) is 0 Å². The van der Waals surface area contributed by atoms with Crippen LogP contribution < -0.4 is 0 Å². The number of hydrogen-bond acceptors (Lipinski definition) is 2. The van der Waals surface area contributed by atoms with Crippen molar-refractivity contribution in [3.63, 3.8) is 0 Å². The molecule has 3 heteroatoms. The van der Waals surface area contributed by atoms with Gasteiger partial charge in [-0.25, -0.2) is 4.39 Å². The molecule has 1 heterocycles. The summed E-state index contributed by atoms with van der Waals surface area (Å²) < 4.78 is 12.7. The van der Waals surface area contributed by atoms with Gasteiger partial charge in [-0.3, -0.25) is 4.90 Å². The van der Waals surface area contributed by atoms with Crippen molar-refractivity contribution >= 4 is 0 Å². The highest BCUT2D eigenvalue weighted by molar-refractivity contribution is 4.80. The first kappa shape index (κ1) is 9.93. The third-order valence-electron chi connectivity index (χ3n) is 2.29. The van der Waals surface area contributed by atoms with Gasteiger partial charge in [0.05, 0.1) is 0 Å². The van der Waals surface area contributed by atoms with Crippen LogP contribution in [0.4, 0.5) is 4.39 Å². The summed E-state index contributed by atoms with van der Waals surface area (Å²) in [5.41, 5.74) is -0.0932. The van der Waals surface area contributed by atoms with Crippen LogP contribution in [0, 0.1) is 5.41 Å². The number of hydrogen-bond donors (Lipinski definition) is 1. The number of nitrogens with zero attached hydrogens (tertiary/aromatic N) is 1. The van der Waals surface area contributed by atoms with Gasteiger partial charge in [0, 0.05) is 31.7 Å². The van der Waals surface area contributed by atoms with Gasteiger partial charge in [-0.2, -0.15) is 0 Å². The molecule has 0 amide bonds. The maximum Gasteiger partial charge on any atom is 0.114 e. The van der Waals surface area contributed by atoms with Crippen LogP contribution in [0.2, 0.25) is 0 Å². The van der Waals surface area contributed by atoms with Gasteiger partial charge < -0.3 is 5.11 Å². The second kappa shape index (κ2) is 3.71. The van der Waals surface area contributed by atoms with Gasteiger partial charge in [0.15, 0.2) is 0 Å². The second-order valence-electron chi connectivity index (χ2n) is 4.44. The molecule has 0 aromatic carbocycles. The van der Waals surface area contributed by atoms with E-state index in [1.165, 1.54) is 0 Å². The van der Waals surface area contributed by atoms with Crippen LogP contribution in [0.3, 0.4) is 0 Å². The number of likely N-dealkylation sites (tertiary alicyclic amines) is 1. The molecular weight excluding hydrogens is 157 g/mol. The molecule has 1 fully saturated rings. The fourth-order valence-corrected chi connectivity index (χ4v) is 1.58. The minimum absolute atomic E-state index is 0.0932. The minimum Gasteiger partial charge on any atom is -0.396 e. The van der Waals surface area contributed by atoms with E-state index in [0.717, 1.165) is 13.1 Å². The highest BCUT2D eigenvalue weighted by atomic mass is 19.1. The van der Waals surface area contributed by atoms with Crippen LogP contribution in [0.5, 0.6) is 0 Å². The fourth-order valence-electron chi connectivity index (χ4n) is 1.58. The average molecular weight is 175 g/mol. The molecule has 0 saturated carbocycles. The molecule has 1 N–H and O–H groups in total. The quantitative estimate of drug-likeness (QED) is 0.693. The van der Waals surface area contributed by atoms with E-state index < -0.39 is 6.17 Å². The zero-order valence-corrected chi connectivity index (χ0v) is 7.89. The molecular formula is C9H18FNO. The molecule has 0 radical (unpaired) electrons. The molecule has 0 spiro atoms. The van der Waals surface area contributed by atoms with Gasteiger partial charge >= 0.3 is 0 Å². The molecule has 1 saturated heterocycles. The van der Waals surface area contributed by atoms with E-state index in [2.05, 4.69) is 4.90 Å². The van der Waals surface area contributed by atoms with E-state index in [1.54, 1.807) is 0 Å². The van der Waals surface area contributed by atoms with Gasteiger partial charge in [0.1, 0.15) is 6.17 Å². The molecule has 12 heavy (non-hydrogen) atoms. The first-order valence-electron chi connectivity index (χ1n) is 4.51. The highest BCUT2D eigenvalue weighted by Gasteiger charge is 2.27. The zero-order chi connectivity index (χ0) is 9.19. The highest BCUT2D eigenvalue weighted by Crippen LogP contribution is 2.20. The van der Waals surface area contributed by atoms with E-state index in [4.69, 9.17) is 5.11 Å². The molecule has 0 unspecified atom stereocenters. The smallest absolute Gasteiger partial charge is 0.114 e. The Morgan fingerprint density at radius 2 is 2.25 bits per heavy atom. The Bertz CT molecular complexity index is 149. The summed E-state index contributed by atoms with van der Waals surface area (Å²) in [5.74, 6) is 0. The predicted octanol–water partition coefficient (Wildman–Crippen LogP) is 1.05. The van der Waals surface area contributed by atoms with Gasteiger partial charge in [-0.1, -0.05) is 13.8 Å². The molecule has 1 atom stereocenters. The molecule has 0 aromatic rings. The Balaban J connectivity index is 2.32. The number of halogens is 1. The molecule has 0 aliphatic carbocycles. The lowest BCUT2D eigenvalue weighted by molar-refractivity contribution is 0.111. The van der Waals surface area contributed by atoms with E-state index >= 15 is 0 Å². The van der Waals surface area contributed by atoms with E-state index in [9.17, 15) is 4.39 Å². The third kappa shape index (κ3) is 2.72. The lowest BCUT2D eigenvalue weighted by Crippen LogP contribution is -2.35. The maximum atomic E-state index is 12.7. The van der Waals surface area contributed by atoms with E-state index in [-0.39, 0.29) is 12.0 Å². The lowest BCUT2D eigenvalue weighted by Gasteiger charge is -2.27. The largest absolute Gasteiger partial charge is 0.396 e. The number of alkyl halides is 1. The summed E-state index contributed by atoms with van der Waals surface area (Å²) in [6.07, 6.45) is 0.00103. The zero-order valence-electron chi connectivity index (χ0n) is 7.89. The lowest BCUT2D eigenvalue weighted by atomic mass is 9.94. The number of aliphatic hydroxyl groups is 1. The fraction of sp³-hybridized carbons (Fsp3) is 1.00. The Labute approximate surface area is 73.4 Å². The van der Waals surface area contributed by atoms with Crippen molar-refractivity contribution in [2.24, 2.45) is 5.41 Å². The van der Waals surface area contributed by atoms with Crippen molar-refractivity contribution in [3.05, 3.63) is 0 Å². The molecule has 1 rings (SSSR count). The Kier molecular flexibility index (Phi) is 3.07. The molecule has 0 aromatic heterocycles. The monoisotopic (exact) mass is 175 g/mol. The van der Waals surface area contributed by atoms with Crippen molar-refractivity contribution in [3.8, 4) is 0 Å². The minimum atomic E-state index is -0.653. The molecule has 1 aliphatic rings. The summed E-state index contributed by atoms with van der Waals surface area (Å²) in [4.78, 5) is 2.08. The summed E-state index contributed by atoms with van der Waals surface area (Å²) in [5, 5.41) is 9.00. The van der Waals surface area contributed by atoms with Gasteiger partial charge in [0.25, 0.3) is 0 Å². The molecule has 1 aliphatic heterocycles. The van der Waals surface area contributed by atoms with Crippen molar-refractivity contribution < 1.29 is 9.50 Å². The van der Waals surface area contributed by atoms with Crippen LogP contribution >= 0.6 is 0 Å². The van der Waals surface area contributed by atoms with Gasteiger partial charge in [-0.15, -0.1) is 0 Å². The first-order chi connectivity index (χ1) is 5.53. The first-order valence-corrected chi connectivity index (χ1v) is 4.51. The molecule has 2 nitrogen and oxygen atoms in total. The Hall–Kier alpha value is -0.150. The van der Waals surface area contributed by atoms with Crippen molar-refractivity contribution in [2.75, 3.05) is 26.2 Å². The predicted molar refractivity (Wildman–Crippen MR) is 46.8 cm³/mol. The van der Waals surface area contributed by atoms with Crippen molar-refractivity contribution in [1.29, 1.82) is 0 Å². The van der Waals surface area contributed by atoms with Crippen LogP contribution in [0.1, 0.15) is 20.3 Å². The van der Waals surface area contributed by atoms with Crippen LogP contribution in [-0.2, 0) is 0 Å². The molecule has 72 valence electrons. The van der Waals surface area contributed by atoms with E-state index in [0.29, 0.717) is 13.0 Å². The van der Waals surface area contributed by atoms with Crippen LogP contribution in [0.25, 0.3) is 0 Å². The average Bonchev–Trinajstić information content (AvgIpc) is 2.35. The Morgan fingerprint density at radius 3 is 2.67 bits per heavy atom. The Morgan fingerprint density at radius 1 is 1.58 bits per heavy atom. The second-order valence-corrected chi connectivity index (χ2v) is 4.44. The molecule has 0 bridgehead atoms. The summed E-state index contributed by atoms with van der Waals surface area (Å²) >= 11 is 0. The van der Waals surface area contributed by atoms with Gasteiger partial charge in [-0.05, 0) is 6.42 Å². The van der Waals surface area contributed by atoms with E-state index in [1.807, 2.05) is 13.8 Å². The standard InChI is InChI=1S/C9H18FNO/c1-9(2,7-12)6-11-4-3-8(10)5-11/h8,12H,3-7H2,1-2H3/t8-/m0/s1. The summed E-state index contributed by atoms with van der Waals surface area (Å²) in [6, 6.07) is 0.